The molecule has 0 radical (unpaired) electrons. The number of rotatable bonds is 4. The van der Waals surface area contributed by atoms with Gasteiger partial charge in [0.2, 0.25) is 0 Å². The summed E-state index contributed by atoms with van der Waals surface area (Å²) in [5.41, 5.74) is 7.63. The molecule has 0 spiro atoms. The van der Waals surface area contributed by atoms with E-state index in [2.05, 4.69) is 5.32 Å². The normalized spacial score (nSPS) is 10.1. The summed E-state index contributed by atoms with van der Waals surface area (Å²) in [5.74, 6) is -1.26. The molecule has 0 aliphatic rings. The minimum Gasteiger partial charge on any atom is -0.478 e. The van der Waals surface area contributed by atoms with E-state index in [0.29, 0.717) is 17.8 Å². The van der Waals surface area contributed by atoms with Crippen LogP contribution < -0.4 is 11.1 Å². The van der Waals surface area contributed by atoms with Gasteiger partial charge in [-0.15, -0.1) is 0 Å². The zero-order valence-corrected chi connectivity index (χ0v) is 10.7. The third-order valence-corrected chi connectivity index (χ3v) is 2.81. The van der Waals surface area contributed by atoms with Crippen molar-refractivity contribution in [3.05, 3.63) is 65.2 Å². The number of aromatic carboxylic acids is 1. The van der Waals surface area contributed by atoms with Gasteiger partial charge in [0, 0.05) is 17.8 Å². The van der Waals surface area contributed by atoms with Crippen molar-refractivity contribution in [2.75, 3.05) is 5.32 Å². The van der Waals surface area contributed by atoms with Crippen molar-refractivity contribution in [3.63, 3.8) is 0 Å². The van der Waals surface area contributed by atoms with Crippen molar-refractivity contribution < 1.29 is 14.7 Å². The molecule has 20 heavy (non-hydrogen) atoms. The summed E-state index contributed by atoms with van der Waals surface area (Å²) in [6.07, 6.45) is 0. The highest BCUT2D eigenvalue weighted by Crippen LogP contribution is 2.12. The smallest absolute Gasteiger partial charge is 0.335 e. The zero-order chi connectivity index (χ0) is 14.5. The van der Waals surface area contributed by atoms with E-state index in [1.807, 2.05) is 6.07 Å². The van der Waals surface area contributed by atoms with E-state index in [9.17, 15) is 9.59 Å². The fourth-order valence-corrected chi connectivity index (χ4v) is 1.74. The summed E-state index contributed by atoms with van der Waals surface area (Å²) in [5, 5.41) is 11.5. The largest absolute Gasteiger partial charge is 0.478 e. The molecule has 2 aromatic carbocycles. The maximum Gasteiger partial charge on any atom is 0.335 e. The Hall–Kier alpha value is -2.66. The third-order valence-electron chi connectivity index (χ3n) is 2.81. The molecule has 0 saturated carbocycles. The summed E-state index contributed by atoms with van der Waals surface area (Å²) in [6.45, 7) is 0.369. The molecular formula is C15H14N2O3. The topological polar surface area (TPSA) is 92.4 Å². The molecule has 2 aromatic rings. The average Bonchev–Trinajstić information content (AvgIpc) is 2.47. The summed E-state index contributed by atoms with van der Waals surface area (Å²) in [7, 11) is 0. The van der Waals surface area contributed by atoms with Gasteiger partial charge in [-0.3, -0.25) is 4.79 Å². The van der Waals surface area contributed by atoms with E-state index in [1.165, 1.54) is 12.1 Å². The molecular weight excluding hydrogens is 256 g/mol. The van der Waals surface area contributed by atoms with Crippen LogP contribution in [0.1, 0.15) is 26.3 Å². The zero-order valence-electron chi connectivity index (χ0n) is 10.7. The third kappa shape index (κ3) is 3.21. The predicted octanol–water partition coefficient (Wildman–Crippen LogP) is 2.10. The van der Waals surface area contributed by atoms with E-state index >= 15 is 0 Å². The van der Waals surface area contributed by atoms with Gasteiger partial charge in [-0.25, -0.2) is 4.79 Å². The maximum absolute atomic E-state index is 12.0. The number of carboxylic acid groups (broad SMARTS) is 1. The van der Waals surface area contributed by atoms with Gasteiger partial charge in [-0.2, -0.15) is 0 Å². The number of anilines is 1. The number of carboxylic acids is 1. The van der Waals surface area contributed by atoms with Gasteiger partial charge in [0.25, 0.3) is 5.91 Å². The molecule has 5 heteroatoms. The fraction of sp³-hybridized carbons (Fsp3) is 0.0667. The molecule has 0 heterocycles. The monoisotopic (exact) mass is 270 g/mol. The number of benzene rings is 2. The second kappa shape index (κ2) is 5.99. The first-order chi connectivity index (χ1) is 9.60. The van der Waals surface area contributed by atoms with Gasteiger partial charge in [0.1, 0.15) is 0 Å². The van der Waals surface area contributed by atoms with Crippen LogP contribution in [0, 0.1) is 0 Å². The lowest BCUT2D eigenvalue weighted by Crippen LogP contribution is -2.12. The van der Waals surface area contributed by atoms with Gasteiger partial charge >= 0.3 is 5.97 Å². The first kappa shape index (κ1) is 13.8. The van der Waals surface area contributed by atoms with Gasteiger partial charge in [0.05, 0.1) is 5.56 Å². The molecule has 0 aliphatic carbocycles. The van der Waals surface area contributed by atoms with E-state index in [0.717, 1.165) is 5.56 Å². The molecule has 1 amide bonds. The quantitative estimate of drug-likeness (QED) is 0.793. The molecule has 102 valence electrons. The van der Waals surface area contributed by atoms with Gasteiger partial charge in [0.15, 0.2) is 0 Å². The Balaban J connectivity index is 2.12. The van der Waals surface area contributed by atoms with Gasteiger partial charge < -0.3 is 16.2 Å². The molecule has 0 bridgehead atoms. The van der Waals surface area contributed by atoms with Crippen LogP contribution in [-0.2, 0) is 6.54 Å². The minimum absolute atomic E-state index is 0.174. The Labute approximate surface area is 116 Å². The number of nitrogens with two attached hydrogens (primary N) is 1. The predicted molar refractivity (Wildman–Crippen MR) is 75.7 cm³/mol. The second-order valence-corrected chi connectivity index (χ2v) is 4.24. The molecule has 0 aliphatic heterocycles. The maximum atomic E-state index is 12.0. The van der Waals surface area contributed by atoms with Crippen molar-refractivity contribution in [1.29, 1.82) is 0 Å². The number of carbonyl (C=O) groups excluding carboxylic acids is 1. The Morgan fingerprint density at radius 3 is 2.35 bits per heavy atom. The Bertz CT molecular complexity index is 636. The molecule has 5 nitrogen and oxygen atoms in total. The minimum atomic E-state index is -1.00. The van der Waals surface area contributed by atoms with E-state index < -0.39 is 5.97 Å². The first-order valence-corrected chi connectivity index (χ1v) is 6.04. The summed E-state index contributed by atoms with van der Waals surface area (Å²) in [6, 6.07) is 13.0. The Morgan fingerprint density at radius 1 is 1.05 bits per heavy atom. The summed E-state index contributed by atoms with van der Waals surface area (Å²) < 4.78 is 0. The van der Waals surface area contributed by atoms with Crippen molar-refractivity contribution >= 4 is 17.6 Å². The summed E-state index contributed by atoms with van der Waals surface area (Å²) >= 11 is 0. The SMILES string of the molecule is NCc1cccc(C(=O)Nc2ccc(C(=O)O)cc2)c1. The van der Waals surface area contributed by atoms with Crippen LogP contribution in [-0.4, -0.2) is 17.0 Å². The molecule has 0 atom stereocenters. The van der Waals surface area contributed by atoms with Crippen LogP contribution in [0.15, 0.2) is 48.5 Å². The second-order valence-electron chi connectivity index (χ2n) is 4.24. The molecule has 0 aromatic heterocycles. The molecule has 0 fully saturated rings. The number of hydrogen-bond acceptors (Lipinski definition) is 3. The lowest BCUT2D eigenvalue weighted by Gasteiger charge is -2.06. The average molecular weight is 270 g/mol. The number of hydrogen-bond donors (Lipinski definition) is 3. The van der Waals surface area contributed by atoms with Crippen LogP contribution >= 0.6 is 0 Å². The number of nitrogens with one attached hydrogen (secondary N) is 1. The fourth-order valence-electron chi connectivity index (χ4n) is 1.74. The lowest BCUT2D eigenvalue weighted by atomic mass is 10.1. The molecule has 4 N–H and O–H groups in total. The highest BCUT2D eigenvalue weighted by molar-refractivity contribution is 6.04. The van der Waals surface area contributed by atoms with E-state index in [-0.39, 0.29) is 11.5 Å². The standard InChI is InChI=1S/C15H14N2O3/c16-9-10-2-1-3-12(8-10)14(18)17-13-6-4-11(5-7-13)15(19)20/h1-8H,9,16H2,(H,17,18)(H,19,20). The van der Waals surface area contributed by atoms with Crippen LogP contribution in [0.4, 0.5) is 5.69 Å². The van der Waals surface area contributed by atoms with Crippen LogP contribution in [0.25, 0.3) is 0 Å². The van der Waals surface area contributed by atoms with Crippen LogP contribution in [0.2, 0.25) is 0 Å². The van der Waals surface area contributed by atoms with Crippen molar-refractivity contribution in [2.24, 2.45) is 5.73 Å². The van der Waals surface area contributed by atoms with Gasteiger partial charge in [-0.1, -0.05) is 12.1 Å². The van der Waals surface area contributed by atoms with Crippen LogP contribution in [0.5, 0.6) is 0 Å². The molecule has 0 unspecified atom stereocenters. The summed E-state index contributed by atoms with van der Waals surface area (Å²) in [4.78, 5) is 22.8. The van der Waals surface area contributed by atoms with Crippen molar-refractivity contribution in [1.82, 2.24) is 0 Å². The van der Waals surface area contributed by atoms with Gasteiger partial charge in [-0.05, 0) is 42.0 Å². The lowest BCUT2D eigenvalue weighted by molar-refractivity contribution is 0.0696. The Morgan fingerprint density at radius 2 is 1.75 bits per heavy atom. The molecule has 0 saturated heterocycles. The van der Waals surface area contributed by atoms with Crippen molar-refractivity contribution in [2.45, 2.75) is 6.54 Å². The van der Waals surface area contributed by atoms with E-state index in [1.54, 1.807) is 30.3 Å². The Kier molecular flexibility index (Phi) is 4.12. The van der Waals surface area contributed by atoms with E-state index in [4.69, 9.17) is 10.8 Å². The highest BCUT2D eigenvalue weighted by atomic mass is 16.4. The van der Waals surface area contributed by atoms with Crippen LogP contribution in [0.3, 0.4) is 0 Å². The first-order valence-electron chi connectivity index (χ1n) is 6.04. The highest BCUT2D eigenvalue weighted by Gasteiger charge is 2.07. The number of amides is 1. The number of carbonyl (C=O) groups is 2. The molecule has 2 rings (SSSR count). The van der Waals surface area contributed by atoms with Crippen molar-refractivity contribution in [3.8, 4) is 0 Å².